The lowest BCUT2D eigenvalue weighted by Crippen LogP contribution is -2.28. The molecular weight excluding hydrogens is 352 g/mol. The maximum atomic E-state index is 12.4. The Morgan fingerprint density at radius 1 is 0.857 bits per heavy atom. The van der Waals surface area contributed by atoms with Gasteiger partial charge in [0.1, 0.15) is 0 Å². The maximum Gasteiger partial charge on any atom is 0.228 e. The smallest absolute Gasteiger partial charge is 0.228 e. The van der Waals surface area contributed by atoms with E-state index >= 15 is 0 Å². The number of hydrogen-bond acceptors (Lipinski definition) is 3. The molecule has 0 aromatic heterocycles. The van der Waals surface area contributed by atoms with E-state index in [1.54, 1.807) is 7.11 Å². The van der Waals surface area contributed by atoms with E-state index in [1.165, 1.54) is 0 Å². The van der Waals surface area contributed by atoms with Gasteiger partial charge in [-0.1, -0.05) is 54.6 Å². The number of anilines is 1. The summed E-state index contributed by atoms with van der Waals surface area (Å²) < 4.78 is 4.91. The van der Waals surface area contributed by atoms with Crippen LogP contribution in [0.15, 0.2) is 66.7 Å². The topological polar surface area (TPSA) is 67.4 Å². The monoisotopic (exact) mass is 376 g/mol. The Balaban J connectivity index is 1.56. The summed E-state index contributed by atoms with van der Waals surface area (Å²) in [4.78, 5) is 24.3. The molecule has 0 saturated heterocycles. The number of amides is 2. The van der Waals surface area contributed by atoms with Crippen molar-refractivity contribution in [3.05, 3.63) is 77.9 Å². The van der Waals surface area contributed by atoms with Gasteiger partial charge in [-0.15, -0.1) is 0 Å². The molecule has 5 heteroatoms. The summed E-state index contributed by atoms with van der Waals surface area (Å²) in [6.07, 6.45) is 0.610. The minimum absolute atomic E-state index is 0.0511. The zero-order valence-corrected chi connectivity index (χ0v) is 15.9. The van der Waals surface area contributed by atoms with Gasteiger partial charge in [0.2, 0.25) is 11.8 Å². The number of carbonyl (C=O) groups is 2. The van der Waals surface area contributed by atoms with Gasteiger partial charge in [0.15, 0.2) is 0 Å². The molecule has 0 spiro atoms. The molecule has 2 amide bonds. The molecule has 5 nitrogen and oxygen atoms in total. The van der Waals surface area contributed by atoms with Gasteiger partial charge >= 0.3 is 0 Å². The van der Waals surface area contributed by atoms with Crippen molar-refractivity contribution in [1.82, 2.24) is 5.32 Å². The summed E-state index contributed by atoms with van der Waals surface area (Å²) in [5.74, 6) is -0.119. The first-order valence-corrected chi connectivity index (χ1v) is 9.27. The summed E-state index contributed by atoms with van der Waals surface area (Å²) in [5.41, 5.74) is 2.61. The number of carbonyl (C=O) groups excluding carboxylic acids is 2. The van der Waals surface area contributed by atoms with Crippen molar-refractivity contribution < 1.29 is 14.3 Å². The van der Waals surface area contributed by atoms with Crippen LogP contribution in [0.25, 0.3) is 10.8 Å². The third-order valence-corrected chi connectivity index (χ3v) is 4.46. The van der Waals surface area contributed by atoms with Gasteiger partial charge in [-0.25, -0.2) is 0 Å². The van der Waals surface area contributed by atoms with Crippen LogP contribution in [0, 0.1) is 0 Å². The lowest BCUT2D eigenvalue weighted by Gasteiger charge is -2.09. The highest BCUT2D eigenvalue weighted by Gasteiger charge is 2.08. The molecular formula is C23H24N2O3. The fourth-order valence-electron chi connectivity index (χ4n) is 3.07. The number of methoxy groups -OCH3 is 1. The minimum Gasteiger partial charge on any atom is -0.383 e. The molecule has 0 saturated carbocycles. The number of ether oxygens (including phenoxy) is 1. The van der Waals surface area contributed by atoms with Crippen molar-refractivity contribution in [1.29, 1.82) is 0 Å². The normalized spacial score (nSPS) is 10.6. The molecule has 0 aliphatic carbocycles. The molecule has 0 atom stereocenters. The van der Waals surface area contributed by atoms with E-state index in [2.05, 4.69) is 10.6 Å². The molecule has 0 unspecified atom stereocenters. The molecule has 3 aromatic rings. The molecule has 3 rings (SSSR count). The van der Waals surface area contributed by atoms with E-state index in [0.717, 1.165) is 21.9 Å². The molecule has 2 N–H and O–H groups in total. The first-order valence-electron chi connectivity index (χ1n) is 9.27. The van der Waals surface area contributed by atoms with Crippen LogP contribution in [0.3, 0.4) is 0 Å². The number of fused-ring (bicyclic) bond motifs is 1. The summed E-state index contributed by atoms with van der Waals surface area (Å²) in [6.45, 7) is 0.991. The summed E-state index contributed by atoms with van der Waals surface area (Å²) in [6, 6.07) is 21.4. The molecule has 0 fully saturated rings. The Kier molecular flexibility index (Phi) is 6.76. The maximum absolute atomic E-state index is 12.4. The van der Waals surface area contributed by atoms with Crippen molar-refractivity contribution in [3.8, 4) is 0 Å². The fourth-order valence-corrected chi connectivity index (χ4v) is 3.07. The van der Waals surface area contributed by atoms with Crippen LogP contribution in [0.4, 0.5) is 5.69 Å². The highest BCUT2D eigenvalue weighted by Crippen LogP contribution is 2.19. The average Bonchev–Trinajstić information content (AvgIpc) is 2.70. The average molecular weight is 376 g/mol. The van der Waals surface area contributed by atoms with E-state index in [9.17, 15) is 9.59 Å². The van der Waals surface area contributed by atoms with E-state index in [1.807, 2.05) is 66.7 Å². The van der Waals surface area contributed by atoms with Crippen molar-refractivity contribution in [2.75, 3.05) is 25.6 Å². The van der Waals surface area contributed by atoms with Crippen LogP contribution in [0.1, 0.15) is 11.1 Å². The van der Waals surface area contributed by atoms with Crippen LogP contribution in [-0.2, 0) is 27.2 Å². The van der Waals surface area contributed by atoms with E-state index in [4.69, 9.17) is 4.74 Å². The van der Waals surface area contributed by atoms with Gasteiger partial charge in [0.25, 0.3) is 0 Å². The second-order valence-corrected chi connectivity index (χ2v) is 6.58. The molecule has 0 aliphatic rings. The Hall–Kier alpha value is -3.18. The first-order chi connectivity index (χ1) is 13.7. The lowest BCUT2D eigenvalue weighted by atomic mass is 10.0. The second kappa shape index (κ2) is 9.67. The first kappa shape index (κ1) is 19.6. The van der Waals surface area contributed by atoms with E-state index in [-0.39, 0.29) is 11.8 Å². The van der Waals surface area contributed by atoms with E-state index in [0.29, 0.717) is 31.7 Å². The zero-order chi connectivity index (χ0) is 19.8. The number of rotatable bonds is 8. The standard InChI is InChI=1S/C23H24N2O3/c1-28-14-13-24-22(26)15-17-9-11-20(12-10-17)25-23(27)16-19-7-4-6-18-5-2-3-8-21(18)19/h2-12H,13-16H2,1H3,(H,24,26)(H,25,27). The third kappa shape index (κ3) is 5.41. The minimum atomic E-state index is -0.0681. The number of benzene rings is 3. The second-order valence-electron chi connectivity index (χ2n) is 6.58. The van der Waals surface area contributed by atoms with Gasteiger partial charge in [0, 0.05) is 19.3 Å². The zero-order valence-electron chi connectivity index (χ0n) is 15.9. The van der Waals surface area contributed by atoms with Crippen molar-refractivity contribution in [2.24, 2.45) is 0 Å². The molecule has 0 radical (unpaired) electrons. The molecule has 0 aliphatic heterocycles. The van der Waals surface area contributed by atoms with Gasteiger partial charge in [-0.2, -0.15) is 0 Å². The fraction of sp³-hybridized carbons (Fsp3) is 0.217. The summed E-state index contributed by atoms with van der Waals surface area (Å²) >= 11 is 0. The Bertz CT molecular complexity index is 946. The Labute approximate surface area is 164 Å². The largest absolute Gasteiger partial charge is 0.383 e. The van der Waals surface area contributed by atoms with Gasteiger partial charge in [-0.05, 0) is 34.0 Å². The quantitative estimate of drug-likeness (QED) is 0.593. The SMILES string of the molecule is COCCNC(=O)Cc1ccc(NC(=O)Cc2cccc3ccccc23)cc1. The molecule has 3 aromatic carbocycles. The lowest BCUT2D eigenvalue weighted by molar-refractivity contribution is -0.120. The number of nitrogens with one attached hydrogen (secondary N) is 2. The third-order valence-electron chi connectivity index (χ3n) is 4.46. The highest BCUT2D eigenvalue weighted by molar-refractivity contribution is 5.96. The van der Waals surface area contributed by atoms with Crippen molar-refractivity contribution in [3.63, 3.8) is 0 Å². The van der Waals surface area contributed by atoms with Crippen LogP contribution in [0.2, 0.25) is 0 Å². The molecule has 28 heavy (non-hydrogen) atoms. The highest BCUT2D eigenvalue weighted by atomic mass is 16.5. The summed E-state index contributed by atoms with van der Waals surface area (Å²) in [5, 5.41) is 7.93. The van der Waals surface area contributed by atoms with Gasteiger partial charge in [0.05, 0.1) is 19.4 Å². The summed E-state index contributed by atoms with van der Waals surface area (Å²) in [7, 11) is 1.60. The van der Waals surface area contributed by atoms with Gasteiger partial charge < -0.3 is 15.4 Å². The van der Waals surface area contributed by atoms with E-state index < -0.39 is 0 Å². The molecule has 144 valence electrons. The van der Waals surface area contributed by atoms with Crippen LogP contribution < -0.4 is 10.6 Å². The predicted octanol–water partition coefficient (Wildman–Crippen LogP) is 3.33. The Morgan fingerprint density at radius 3 is 2.39 bits per heavy atom. The van der Waals surface area contributed by atoms with Crippen molar-refractivity contribution in [2.45, 2.75) is 12.8 Å². The van der Waals surface area contributed by atoms with Crippen LogP contribution in [0.5, 0.6) is 0 Å². The van der Waals surface area contributed by atoms with Crippen molar-refractivity contribution >= 4 is 28.3 Å². The van der Waals surface area contributed by atoms with Crippen LogP contribution >= 0.6 is 0 Å². The number of hydrogen-bond donors (Lipinski definition) is 2. The molecule has 0 heterocycles. The van der Waals surface area contributed by atoms with Gasteiger partial charge in [-0.3, -0.25) is 9.59 Å². The molecule has 0 bridgehead atoms. The Morgan fingerprint density at radius 2 is 1.61 bits per heavy atom. The predicted molar refractivity (Wildman–Crippen MR) is 111 cm³/mol. The van der Waals surface area contributed by atoms with Crippen LogP contribution in [-0.4, -0.2) is 32.1 Å².